The van der Waals surface area contributed by atoms with E-state index in [-0.39, 0.29) is 11.8 Å². The highest BCUT2D eigenvalue weighted by atomic mass is 16.5. The minimum atomic E-state index is 0.144. The minimum Gasteiger partial charge on any atom is -0.379 e. The average Bonchev–Trinajstić information content (AvgIpc) is 2.86. The molecule has 2 aromatic rings. The third-order valence-corrected chi connectivity index (χ3v) is 3.87. The number of benzene rings is 1. The van der Waals surface area contributed by atoms with Crippen molar-refractivity contribution in [2.45, 2.75) is 32.4 Å². The van der Waals surface area contributed by atoms with E-state index >= 15 is 0 Å². The topological polar surface area (TPSA) is 56.2 Å². The number of para-hydroxylation sites is 1. The lowest BCUT2D eigenvalue weighted by atomic mass is 10.0. The van der Waals surface area contributed by atoms with Crippen molar-refractivity contribution in [2.75, 3.05) is 19.8 Å². The van der Waals surface area contributed by atoms with Gasteiger partial charge in [-0.15, -0.1) is 0 Å². The van der Waals surface area contributed by atoms with Crippen LogP contribution in [0.15, 0.2) is 24.3 Å². The summed E-state index contributed by atoms with van der Waals surface area (Å²) in [4.78, 5) is 12.3. The molecule has 1 atom stereocenters. The van der Waals surface area contributed by atoms with Crippen LogP contribution in [-0.4, -0.2) is 41.4 Å². The van der Waals surface area contributed by atoms with Crippen molar-refractivity contribution in [1.82, 2.24) is 15.1 Å². The molecule has 2 heterocycles. The molecule has 0 aliphatic carbocycles. The molecule has 1 fully saturated rings. The van der Waals surface area contributed by atoms with Gasteiger partial charge in [0.2, 0.25) is 0 Å². The Labute approximate surface area is 124 Å². The van der Waals surface area contributed by atoms with Crippen LogP contribution >= 0.6 is 0 Å². The number of aryl methyl sites for hydroxylation is 1. The zero-order chi connectivity index (χ0) is 14.7. The molecule has 0 saturated carbocycles. The summed E-state index contributed by atoms with van der Waals surface area (Å²) in [5.74, 6) is 0.213. The molecule has 5 nitrogen and oxygen atoms in total. The fraction of sp³-hybridized carbons (Fsp3) is 0.500. The standard InChI is InChI=1S/C16H21N3O2/c1-2-19-16-6-4-3-5-14(16)15(18-19)10-13(20)9-12-11-21-8-7-17-12/h3-6,12,17H,2,7-11H2,1H3. The summed E-state index contributed by atoms with van der Waals surface area (Å²) in [6, 6.07) is 8.24. The Bertz CT molecular complexity index is 629. The SMILES string of the molecule is CCn1nc(CC(=O)CC2COCCN2)c2ccccc21. The predicted octanol–water partition coefficient (Wildman–Crippen LogP) is 1.55. The predicted molar refractivity (Wildman–Crippen MR) is 81.3 cm³/mol. The molecule has 1 unspecified atom stereocenters. The van der Waals surface area contributed by atoms with Crippen molar-refractivity contribution in [1.29, 1.82) is 0 Å². The molecule has 1 saturated heterocycles. The minimum absolute atomic E-state index is 0.144. The van der Waals surface area contributed by atoms with Gasteiger partial charge in [-0.2, -0.15) is 5.10 Å². The lowest BCUT2D eigenvalue weighted by Gasteiger charge is -2.22. The van der Waals surface area contributed by atoms with Crippen LogP contribution in [0.2, 0.25) is 0 Å². The number of carbonyl (C=O) groups excluding carboxylic acids is 1. The van der Waals surface area contributed by atoms with E-state index in [4.69, 9.17) is 4.74 Å². The largest absolute Gasteiger partial charge is 0.379 e. The first-order valence-electron chi connectivity index (χ1n) is 7.55. The highest BCUT2D eigenvalue weighted by Crippen LogP contribution is 2.19. The Morgan fingerprint density at radius 1 is 1.48 bits per heavy atom. The van der Waals surface area contributed by atoms with Crippen LogP contribution < -0.4 is 5.32 Å². The van der Waals surface area contributed by atoms with Crippen molar-refractivity contribution in [2.24, 2.45) is 0 Å². The molecule has 1 aromatic heterocycles. The fourth-order valence-electron chi connectivity index (χ4n) is 2.85. The fourth-order valence-corrected chi connectivity index (χ4v) is 2.85. The maximum absolute atomic E-state index is 12.3. The van der Waals surface area contributed by atoms with Crippen LogP contribution in [0.25, 0.3) is 10.9 Å². The molecule has 112 valence electrons. The number of morpholine rings is 1. The van der Waals surface area contributed by atoms with Crippen LogP contribution in [0.3, 0.4) is 0 Å². The van der Waals surface area contributed by atoms with Crippen molar-refractivity contribution >= 4 is 16.7 Å². The summed E-state index contributed by atoms with van der Waals surface area (Å²) in [6.07, 6.45) is 0.902. The Hall–Kier alpha value is -1.72. The first-order chi connectivity index (χ1) is 10.3. The van der Waals surface area contributed by atoms with Crippen LogP contribution in [0.5, 0.6) is 0 Å². The van der Waals surface area contributed by atoms with Crippen molar-refractivity contribution in [3.8, 4) is 0 Å². The Morgan fingerprint density at radius 2 is 2.33 bits per heavy atom. The second-order valence-electron chi connectivity index (χ2n) is 5.43. The van der Waals surface area contributed by atoms with Gasteiger partial charge in [0.15, 0.2) is 0 Å². The number of fused-ring (bicyclic) bond motifs is 1. The summed E-state index contributed by atoms with van der Waals surface area (Å²) < 4.78 is 7.35. The molecule has 0 bridgehead atoms. The second-order valence-corrected chi connectivity index (χ2v) is 5.43. The Morgan fingerprint density at radius 3 is 3.10 bits per heavy atom. The van der Waals surface area contributed by atoms with Gasteiger partial charge in [-0.05, 0) is 13.0 Å². The molecule has 0 amide bonds. The van der Waals surface area contributed by atoms with Crippen LogP contribution in [-0.2, 0) is 22.5 Å². The van der Waals surface area contributed by atoms with Gasteiger partial charge in [0.1, 0.15) is 5.78 Å². The molecule has 1 N–H and O–H groups in total. The monoisotopic (exact) mass is 287 g/mol. The van der Waals surface area contributed by atoms with Crippen molar-refractivity contribution in [3.63, 3.8) is 0 Å². The molecule has 0 spiro atoms. The van der Waals surface area contributed by atoms with E-state index in [2.05, 4.69) is 23.4 Å². The summed E-state index contributed by atoms with van der Waals surface area (Å²) >= 11 is 0. The summed E-state index contributed by atoms with van der Waals surface area (Å²) in [5, 5.41) is 8.99. The quantitative estimate of drug-likeness (QED) is 0.906. The maximum Gasteiger partial charge on any atom is 0.140 e. The van der Waals surface area contributed by atoms with E-state index in [0.29, 0.717) is 19.4 Å². The molecular weight excluding hydrogens is 266 g/mol. The van der Waals surface area contributed by atoms with E-state index < -0.39 is 0 Å². The van der Waals surface area contributed by atoms with Crippen molar-refractivity contribution < 1.29 is 9.53 Å². The van der Waals surface area contributed by atoms with Gasteiger partial charge in [0, 0.05) is 30.9 Å². The highest BCUT2D eigenvalue weighted by molar-refractivity contribution is 5.88. The van der Waals surface area contributed by atoms with Gasteiger partial charge in [-0.3, -0.25) is 9.48 Å². The van der Waals surface area contributed by atoms with Gasteiger partial charge in [-0.25, -0.2) is 0 Å². The third-order valence-electron chi connectivity index (χ3n) is 3.87. The summed E-state index contributed by atoms with van der Waals surface area (Å²) in [7, 11) is 0. The van der Waals surface area contributed by atoms with Crippen LogP contribution in [0.1, 0.15) is 19.0 Å². The number of nitrogens with one attached hydrogen (secondary N) is 1. The molecule has 21 heavy (non-hydrogen) atoms. The van der Waals surface area contributed by atoms with E-state index in [1.807, 2.05) is 22.9 Å². The van der Waals surface area contributed by atoms with Crippen LogP contribution in [0, 0.1) is 0 Å². The van der Waals surface area contributed by atoms with Gasteiger partial charge >= 0.3 is 0 Å². The molecule has 1 aliphatic rings. The zero-order valence-electron chi connectivity index (χ0n) is 12.3. The van der Waals surface area contributed by atoms with E-state index in [0.717, 1.165) is 36.3 Å². The zero-order valence-corrected chi connectivity index (χ0v) is 12.3. The first kappa shape index (κ1) is 14.2. The molecular formula is C16H21N3O2. The van der Waals surface area contributed by atoms with Gasteiger partial charge in [-0.1, -0.05) is 18.2 Å². The maximum atomic E-state index is 12.3. The first-order valence-corrected chi connectivity index (χ1v) is 7.55. The number of hydrogen-bond acceptors (Lipinski definition) is 4. The number of rotatable bonds is 5. The highest BCUT2D eigenvalue weighted by Gasteiger charge is 2.19. The number of ether oxygens (including phenoxy) is 1. The second kappa shape index (κ2) is 6.37. The number of aromatic nitrogens is 2. The van der Waals surface area contributed by atoms with E-state index in [1.165, 1.54) is 0 Å². The Kier molecular flexibility index (Phi) is 4.31. The molecule has 1 aliphatic heterocycles. The van der Waals surface area contributed by atoms with E-state index in [1.54, 1.807) is 0 Å². The number of Topliss-reactive ketones (excluding diaryl/α,β-unsaturated/α-hetero) is 1. The number of carbonyl (C=O) groups is 1. The summed E-state index contributed by atoms with van der Waals surface area (Å²) in [5.41, 5.74) is 1.98. The molecule has 0 radical (unpaired) electrons. The Balaban J connectivity index is 1.73. The number of nitrogens with zero attached hydrogens (tertiary/aromatic N) is 2. The number of ketones is 1. The third kappa shape index (κ3) is 3.14. The van der Waals surface area contributed by atoms with Gasteiger partial charge < -0.3 is 10.1 Å². The lowest BCUT2D eigenvalue weighted by molar-refractivity contribution is -0.119. The average molecular weight is 287 g/mol. The smallest absolute Gasteiger partial charge is 0.140 e. The summed E-state index contributed by atoms with van der Waals surface area (Å²) in [6.45, 7) is 5.05. The molecule has 1 aromatic carbocycles. The van der Waals surface area contributed by atoms with Crippen LogP contribution in [0.4, 0.5) is 0 Å². The van der Waals surface area contributed by atoms with Gasteiger partial charge in [0.05, 0.1) is 30.8 Å². The molecule has 3 rings (SSSR count). The lowest BCUT2D eigenvalue weighted by Crippen LogP contribution is -2.42. The number of hydrogen-bond donors (Lipinski definition) is 1. The van der Waals surface area contributed by atoms with Crippen molar-refractivity contribution in [3.05, 3.63) is 30.0 Å². The normalized spacial score (nSPS) is 19.0. The van der Waals surface area contributed by atoms with Gasteiger partial charge in [0.25, 0.3) is 0 Å². The molecule has 5 heteroatoms. The van der Waals surface area contributed by atoms with E-state index in [9.17, 15) is 4.79 Å².